The first kappa shape index (κ1) is 9.21. The smallest absolute Gasteiger partial charge is 0.0708 e. The fourth-order valence-electron chi connectivity index (χ4n) is 3.61. The molecule has 0 aromatic carbocycles. The van der Waals surface area contributed by atoms with Gasteiger partial charge in [0.05, 0.1) is 12.2 Å². The predicted octanol–water partition coefficient (Wildman–Crippen LogP) is 3.38. The van der Waals surface area contributed by atoms with Crippen molar-refractivity contribution in [3.05, 3.63) is 0 Å². The maximum absolute atomic E-state index is 6.30. The van der Waals surface area contributed by atoms with E-state index in [4.69, 9.17) is 4.74 Å². The number of fused-ring (bicyclic) bond motifs is 1. The Balaban J connectivity index is 1.73. The van der Waals surface area contributed by atoms with Gasteiger partial charge < -0.3 is 4.74 Å². The first-order valence-electron chi connectivity index (χ1n) is 6.44. The molecule has 14 heavy (non-hydrogen) atoms. The second-order valence-corrected chi connectivity index (χ2v) is 5.82. The van der Waals surface area contributed by atoms with E-state index in [9.17, 15) is 0 Å². The second-order valence-electron chi connectivity index (χ2n) is 5.82. The normalized spacial score (nSPS) is 52.5. The average Bonchev–Trinajstić information content (AvgIpc) is 2.93. The highest BCUT2D eigenvalue weighted by atomic mass is 16.5. The molecule has 0 aromatic heterocycles. The highest BCUT2D eigenvalue weighted by Crippen LogP contribution is 2.51. The van der Waals surface area contributed by atoms with E-state index in [0.29, 0.717) is 5.60 Å². The molecule has 1 heteroatoms. The molecular formula is C13H22O. The Morgan fingerprint density at radius 2 is 2.00 bits per heavy atom. The number of hydrogen-bond donors (Lipinski definition) is 0. The van der Waals surface area contributed by atoms with Gasteiger partial charge >= 0.3 is 0 Å². The molecule has 0 bridgehead atoms. The minimum atomic E-state index is 0.311. The maximum Gasteiger partial charge on any atom is 0.0708 e. The van der Waals surface area contributed by atoms with Crippen molar-refractivity contribution in [1.29, 1.82) is 0 Å². The fourth-order valence-corrected chi connectivity index (χ4v) is 3.61. The van der Waals surface area contributed by atoms with Crippen LogP contribution in [-0.4, -0.2) is 12.2 Å². The van der Waals surface area contributed by atoms with E-state index in [1.807, 2.05) is 0 Å². The summed E-state index contributed by atoms with van der Waals surface area (Å²) in [6.45, 7) is 3.49. The van der Waals surface area contributed by atoms with Crippen LogP contribution in [-0.2, 0) is 4.74 Å². The van der Waals surface area contributed by atoms with E-state index >= 15 is 0 Å². The summed E-state index contributed by atoms with van der Waals surface area (Å²) in [6.07, 6.45) is 9.84. The minimum absolute atomic E-state index is 0.311. The lowest BCUT2D eigenvalue weighted by Gasteiger charge is -2.42. The number of hydrogen-bond acceptors (Lipinski definition) is 1. The average molecular weight is 194 g/mol. The third-order valence-corrected chi connectivity index (χ3v) is 4.98. The molecule has 1 heterocycles. The Kier molecular flexibility index (Phi) is 2.12. The summed E-state index contributed by atoms with van der Waals surface area (Å²) in [5.41, 5.74) is 0.311. The summed E-state index contributed by atoms with van der Waals surface area (Å²) >= 11 is 0. The topological polar surface area (TPSA) is 9.23 Å². The molecule has 0 unspecified atom stereocenters. The van der Waals surface area contributed by atoms with Crippen LogP contribution in [0.2, 0.25) is 0 Å². The van der Waals surface area contributed by atoms with Gasteiger partial charge in [0.2, 0.25) is 0 Å². The second kappa shape index (κ2) is 3.23. The molecule has 1 nitrogen and oxygen atoms in total. The quantitative estimate of drug-likeness (QED) is 0.574. The highest BCUT2D eigenvalue weighted by Gasteiger charge is 2.47. The van der Waals surface area contributed by atoms with Gasteiger partial charge in [-0.1, -0.05) is 19.8 Å². The van der Waals surface area contributed by atoms with E-state index in [2.05, 4.69) is 6.92 Å². The van der Waals surface area contributed by atoms with Gasteiger partial charge in [0.25, 0.3) is 0 Å². The van der Waals surface area contributed by atoms with E-state index in [-0.39, 0.29) is 0 Å². The molecule has 3 rings (SSSR count). The van der Waals surface area contributed by atoms with Crippen LogP contribution in [0.3, 0.4) is 0 Å². The van der Waals surface area contributed by atoms with Gasteiger partial charge in [-0.2, -0.15) is 0 Å². The lowest BCUT2D eigenvalue weighted by molar-refractivity contribution is -0.107. The Hall–Kier alpha value is -0.0400. The summed E-state index contributed by atoms with van der Waals surface area (Å²) in [5, 5.41) is 0. The third kappa shape index (κ3) is 1.41. The summed E-state index contributed by atoms with van der Waals surface area (Å²) < 4.78 is 6.30. The molecule has 1 aliphatic heterocycles. The lowest BCUT2D eigenvalue weighted by atomic mass is 9.73. The molecule has 4 atom stereocenters. The number of rotatable bonds is 0. The van der Waals surface area contributed by atoms with Crippen LogP contribution in [0.1, 0.15) is 51.9 Å². The Morgan fingerprint density at radius 1 is 1.07 bits per heavy atom. The van der Waals surface area contributed by atoms with Crippen LogP contribution >= 0.6 is 0 Å². The minimum Gasteiger partial charge on any atom is -0.374 e. The van der Waals surface area contributed by atoms with Gasteiger partial charge in [0.15, 0.2) is 0 Å². The molecule has 1 saturated heterocycles. The fraction of sp³-hybridized carbons (Fsp3) is 1.00. The van der Waals surface area contributed by atoms with Gasteiger partial charge in [-0.3, -0.25) is 0 Å². The molecule has 0 aromatic rings. The summed E-state index contributed by atoms with van der Waals surface area (Å²) in [5.74, 6) is 2.81. The SMILES string of the molecule is C[C@@H]1CCCC[C@]12CC[C@H]1C[C@H]1CO2. The van der Waals surface area contributed by atoms with Crippen LogP contribution < -0.4 is 0 Å². The van der Waals surface area contributed by atoms with Crippen molar-refractivity contribution >= 4 is 0 Å². The third-order valence-electron chi connectivity index (χ3n) is 4.98. The highest BCUT2D eigenvalue weighted by molar-refractivity contribution is 4.97. The summed E-state index contributed by atoms with van der Waals surface area (Å²) in [7, 11) is 0. The molecule has 0 N–H and O–H groups in total. The predicted molar refractivity (Wildman–Crippen MR) is 57.1 cm³/mol. The molecule has 1 spiro atoms. The van der Waals surface area contributed by atoms with E-state index < -0.39 is 0 Å². The molecule has 3 fully saturated rings. The molecule has 80 valence electrons. The van der Waals surface area contributed by atoms with E-state index in [0.717, 1.165) is 24.4 Å². The van der Waals surface area contributed by atoms with Crippen molar-refractivity contribution in [3.8, 4) is 0 Å². The van der Waals surface area contributed by atoms with E-state index in [1.54, 1.807) is 0 Å². The molecule has 3 aliphatic rings. The first-order chi connectivity index (χ1) is 6.80. The molecule has 2 aliphatic carbocycles. The van der Waals surface area contributed by atoms with Gasteiger partial charge in [-0.25, -0.2) is 0 Å². The Morgan fingerprint density at radius 3 is 2.86 bits per heavy atom. The molecule has 0 radical (unpaired) electrons. The summed E-state index contributed by atoms with van der Waals surface area (Å²) in [4.78, 5) is 0. The zero-order valence-electron chi connectivity index (χ0n) is 9.30. The summed E-state index contributed by atoms with van der Waals surface area (Å²) in [6, 6.07) is 0. The van der Waals surface area contributed by atoms with Gasteiger partial charge in [-0.15, -0.1) is 0 Å². The lowest BCUT2D eigenvalue weighted by Crippen LogP contribution is -2.42. The van der Waals surface area contributed by atoms with Crippen LogP contribution in [0.25, 0.3) is 0 Å². The van der Waals surface area contributed by atoms with Crippen molar-refractivity contribution in [2.75, 3.05) is 6.61 Å². The Labute approximate surface area is 87.2 Å². The van der Waals surface area contributed by atoms with Crippen molar-refractivity contribution in [2.45, 2.75) is 57.5 Å². The first-order valence-corrected chi connectivity index (χ1v) is 6.44. The van der Waals surface area contributed by atoms with Gasteiger partial charge in [0, 0.05) is 0 Å². The van der Waals surface area contributed by atoms with Crippen molar-refractivity contribution < 1.29 is 4.74 Å². The zero-order valence-corrected chi connectivity index (χ0v) is 9.30. The van der Waals surface area contributed by atoms with Gasteiger partial charge in [-0.05, 0) is 49.9 Å². The van der Waals surface area contributed by atoms with E-state index in [1.165, 1.54) is 44.9 Å². The number of ether oxygens (including phenoxy) is 1. The van der Waals surface area contributed by atoms with Crippen LogP contribution in [0, 0.1) is 17.8 Å². The van der Waals surface area contributed by atoms with Crippen molar-refractivity contribution in [1.82, 2.24) is 0 Å². The molecule has 2 saturated carbocycles. The van der Waals surface area contributed by atoms with Crippen molar-refractivity contribution in [2.24, 2.45) is 17.8 Å². The molecular weight excluding hydrogens is 172 g/mol. The van der Waals surface area contributed by atoms with Crippen LogP contribution in [0.4, 0.5) is 0 Å². The van der Waals surface area contributed by atoms with Crippen LogP contribution in [0.5, 0.6) is 0 Å². The standard InChI is InChI=1S/C13H22O/c1-10-4-2-3-6-13(10)7-5-11-8-12(11)9-14-13/h10-12H,2-9H2,1H3/t10-,11+,12+,13+/m1/s1. The maximum atomic E-state index is 6.30. The Bertz CT molecular complexity index is 211. The van der Waals surface area contributed by atoms with Crippen LogP contribution in [0.15, 0.2) is 0 Å². The monoisotopic (exact) mass is 194 g/mol. The zero-order chi connectivity index (χ0) is 9.60. The largest absolute Gasteiger partial charge is 0.374 e. The van der Waals surface area contributed by atoms with Gasteiger partial charge in [0.1, 0.15) is 0 Å². The van der Waals surface area contributed by atoms with Crippen molar-refractivity contribution in [3.63, 3.8) is 0 Å². The molecule has 0 amide bonds.